The number of amides is 1. The molecule has 1 atom stereocenters. The topological polar surface area (TPSA) is 101 Å². The van der Waals surface area contributed by atoms with Gasteiger partial charge in [-0.1, -0.05) is 11.8 Å². The van der Waals surface area contributed by atoms with Crippen molar-refractivity contribution in [1.29, 1.82) is 0 Å². The molecular formula is C13H14N4O3S3. The highest BCUT2D eigenvalue weighted by Crippen LogP contribution is 2.30. The summed E-state index contributed by atoms with van der Waals surface area (Å²) in [7, 11) is -3.72. The minimum atomic E-state index is -3.72. The summed E-state index contributed by atoms with van der Waals surface area (Å²) >= 11 is 2.53. The molecule has 3 rings (SSSR count). The molecule has 1 aliphatic heterocycles. The van der Waals surface area contributed by atoms with Crippen LogP contribution in [-0.4, -0.2) is 43.1 Å². The van der Waals surface area contributed by atoms with Crippen LogP contribution in [0.5, 0.6) is 0 Å². The lowest BCUT2D eigenvalue weighted by molar-refractivity contribution is -0.120. The normalized spacial score (nSPS) is 18.1. The zero-order valence-electron chi connectivity index (χ0n) is 12.1. The van der Waals surface area contributed by atoms with Crippen molar-refractivity contribution < 1.29 is 13.2 Å². The van der Waals surface area contributed by atoms with E-state index in [2.05, 4.69) is 20.0 Å². The molecule has 3 heterocycles. The maximum absolute atomic E-state index is 12.4. The molecule has 10 heteroatoms. The zero-order chi connectivity index (χ0) is 16.4. The average Bonchev–Trinajstić information content (AvgIpc) is 3.17. The predicted octanol–water partition coefficient (Wildman–Crippen LogP) is 1.09. The van der Waals surface area contributed by atoms with Gasteiger partial charge in [-0.3, -0.25) is 4.79 Å². The summed E-state index contributed by atoms with van der Waals surface area (Å²) < 4.78 is 27.4. The average molecular weight is 370 g/mol. The van der Waals surface area contributed by atoms with E-state index in [1.165, 1.54) is 17.8 Å². The van der Waals surface area contributed by atoms with Crippen LogP contribution in [0.25, 0.3) is 10.6 Å². The van der Waals surface area contributed by atoms with Crippen molar-refractivity contribution in [2.24, 2.45) is 0 Å². The number of nitrogens with one attached hydrogen (secondary N) is 2. The molecule has 2 aromatic heterocycles. The Bertz CT molecular complexity index is 834. The van der Waals surface area contributed by atoms with Crippen molar-refractivity contribution >= 4 is 39.0 Å². The fourth-order valence-corrected chi connectivity index (χ4v) is 5.01. The van der Waals surface area contributed by atoms with Gasteiger partial charge in [-0.05, 0) is 30.9 Å². The molecule has 0 unspecified atom stereocenters. The fourth-order valence-electron chi connectivity index (χ4n) is 2.13. The van der Waals surface area contributed by atoms with Gasteiger partial charge in [0.25, 0.3) is 10.0 Å². The summed E-state index contributed by atoms with van der Waals surface area (Å²) in [5, 5.41) is 3.23. The molecule has 7 nitrogen and oxygen atoms in total. The van der Waals surface area contributed by atoms with Crippen molar-refractivity contribution in [1.82, 2.24) is 20.0 Å². The standard InChI is InChI=1S/C13H14N4O3S3/c1-21-13-15-7-4-8(16-13)10-2-3-11(22-10)23(19,20)17-9-5-6-14-12(9)18/h2-4,7,9,17H,5-6H2,1H3,(H,14,18)/t9-/m0/s1. The molecule has 2 aromatic rings. The van der Waals surface area contributed by atoms with Crippen molar-refractivity contribution in [2.45, 2.75) is 21.8 Å². The minimum absolute atomic E-state index is 0.163. The van der Waals surface area contributed by atoms with Gasteiger partial charge >= 0.3 is 0 Å². The Labute approximate surface area is 142 Å². The quantitative estimate of drug-likeness (QED) is 0.604. The highest BCUT2D eigenvalue weighted by Gasteiger charge is 2.30. The SMILES string of the molecule is CSc1nccc(-c2ccc(S(=O)(=O)N[C@H]3CCNC3=O)s2)n1. The molecule has 122 valence electrons. The van der Waals surface area contributed by atoms with E-state index in [1.807, 2.05) is 6.26 Å². The molecule has 1 fully saturated rings. The summed E-state index contributed by atoms with van der Waals surface area (Å²) in [5.74, 6) is -0.286. The number of carbonyl (C=O) groups is 1. The first-order chi connectivity index (χ1) is 11.0. The number of aromatic nitrogens is 2. The number of thioether (sulfide) groups is 1. The largest absolute Gasteiger partial charge is 0.355 e. The van der Waals surface area contributed by atoms with Crippen molar-refractivity contribution in [2.75, 3.05) is 12.8 Å². The van der Waals surface area contributed by atoms with Crippen LogP contribution in [0.2, 0.25) is 0 Å². The third-order valence-corrected chi connectivity index (χ3v) is 6.89. The summed E-state index contributed by atoms with van der Waals surface area (Å²) in [6, 6.07) is 4.27. The highest BCUT2D eigenvalue weighted by atomic mass is 32.2. The Hall–Kier alpha value is -1.49. The fraction of sp³-hybridized carbons (Fsp3) is 0.308. The van der Waals surface area contributed by atoms with E-state index >= 15 is 0 Å². The van der Waals surface area contributed by atoms with Crippen LogP contribution >= 0.6 is 23.1 Å². The molecule has 23 heavy (non-hydrogen) atoms. The maximum atomic E-state index is 12.4. The molecule has 2 N–H and O–H groups in total. The first-order valence-electron chi connectivity index (χ1n) is 6.77. The number of nitrogens with zero attached hydrogens (tertiary/aromatic N) is 2. The molecular weight excluding hydrogens is 356 g/mol. The van der Waals surface area contributed by atoms with Crippen LogP contribution in [0.1, 0.15) is 6.42 Å². The summed E-state index contributed by atoms with van der Waals surface area (Å²) in [5.41, 5.74) is 0.675. The van der Waals surface area contributed by atoms with E-state index in [-0.39, 0.29) is 10.1 Å². The third-order valence-electron chi connectivity index (χ3n) is 3.26. The number of hydrogen-bond acceptors (Lipinski definition) is 7. The molecule has 0 saturated carbocycles. The lowest BCUT2D eigenvalue weighted by Crippen LogP contribution is -2.39. The van der Waals surface area contributed by atoms with Gasteiger partial charge < -0.3 is 5.32 Å². The van der Waals surface area contributed by atoms with Gasteiger partial charge in [0, 0.05) is 12.7 Å². The molecule has 1 saturated heterocycles. The second kappa shape index (κ2) is 6.56. The minimum Gasteiger partial charge on any atom is -0.355 e. The van der Waals surface area contributed by atoms with Gasteiger partial charge in [0.15, 0.2) is 5.16 Å². The van der Waals surface area contributed by atoms with Gasteiger partial charge in [0.1, 0.15) is 10.3 Å². The van der Waals surface area contributed by atoms with Gasteiger partial charge in [-0.2, -0.15) is 4.72 Å². The molecule has 0 radical (unpaired) electrons. The second-order valence-electron chi connectivity index (χ2n) is 4.80. The Morgan fingerprint density at radius 2 is 2.22 bits per heavy atom. The molecule has 0 aromatic carbocycles. The molecule has 0 bridgehead atoms. The van der Waals surface area contributed by atoms with Crippen LogP contribution in [0.4, 0.5) is 0 Å². The summed E-state index contributed by atoms with van der Waals surface area (Å²) in [6.07, 6.45) is 3.97. The van der Waals surface area contributed by atoms with Gasteiger partial charge in [0.2, 0.25) is 5.91 Å². The molecule has 1 amide bonds. The monoisotopic (exact) mass is 370 g/mol. The third kappa shape index (κ3) is 3.55. The Morgan fingerprint density at radius 1 is 1.39 bits per heavy atom. The van der Waals surface area contributed by atoms with E-state index in [0.29, 0.717) is 23.8 Å². The lowest BCUT2D eigenvalue weighted by atomic mass is 10.3. The van der Waals surface area contributed by atoms with Crippen molar-refractivity contribution in [3.05, 3.63) is 24.4 Å². The van der Waals surface area contributed by atoms with Crippen LogP contribution in [0.3, 0.4) is 0 Å². The summed E-state index contributed by atoms with van der Waals surface area (Å²) in [6.45, 7) is 0.486. The zero-order valence-corrected chi connectivity index (χ0v) is 14.6. The van der Waals surface area contributed by atoms with E-state index in [9.17, 15) is 13.2 Å². The predicted molar refractivity (Wildman–Crippen MR) is 88.9 cm³/mol. The Kier molecular flexibility index (Phi) is 4.67. The van der Waals surface area contributed by atoms with E-state index in [1.54, 1.807) is 18.3 Å². The van der Waals surface area contributed by atoms with Gasteiger partial charge in [-0.15, -0.1) is 11.3 Å². The van der Waals surface area contributed by atoms with Crippen LogP contribution < -0.4 is 10.0 Å². The molecule has 0 aliphatic carbocycles. The first kappa shape index (κ1) is 16.4. The number of thiophene rings is 1. The lowest BCUT2D eigenvalue weighted by Gasteiger charge is -2.08. The molecule has 1 aliphatic rings. The van der Waals surface area contributed by atoms with Crippen molar-refractivity contribution in [3.63, 3.8) is 0 Å². The number of carbonyl (C=O) groups excluding carboxylic acids is 1. The van der Waals surface area contributed by atoms with Crippen LogP contribution in [0.15, 0.2) is 33.8 Å². The van der Waals surface area contributed by atoms with Gasteiger partial charge in [0.05, 0.1) is 10.6 Å². The van der Waals surface area contributed by atoms with Crippen LogP contribution in [0, 0.1) is 0 Å². The van der Waals surface area contributed by atoms with Crippen molar-refractivity contribution in [3.8, 4) is 10.6 Å². The van der Waals surface area contributed by atoms with Gasteiger partial charge in [-0.25, -0.2) is 18.4 Å². The summed E-state index contributed by atoms with van der Waals surface area (Å²) in [4.78, 5) is 20.7. The number of rotatable bonds is 5. The van der Waals surface area contributed by atoms with E-state index in [4.69, 9.17) is 0 Å². The number of sulfonamides is 1. The first-order valence-corrected chi connectivity index (χ1v) is 10.3. The maximum Gasteiger partial charge on any atom is 0.250 e. The smallest absolute Gasteiger partial charge is 0.250 e. The number of hydrogen-bond donors (Lipinski definition) is 2. The second-order valence-corrected chi connectivity index (χ2v) is 8.60. The van der Waals surface area contributed by atoms with Crippen LogP contribution in [-0.2, 0) is 14.8 Å². The molecule has 0 spiro atoms. The highest BCUT2D eigenvalue weighted by molar-refractivity contribution is 7.98. The van der Waals surface area contributed by atoms with E-state index in [0.717, 1.165) is 16.2 Å². The Balaban J connectivity index is 1.84. The Morgan fingerprint density at radius 3 is 2.91 bits per heavy atom. The van der Waals surface area contributed by atoms with E-state index < -0.39 is 16.1 Å².